The van der Waals surface area contributed by atoms with Crippen molar-refractivity contribution in [1.82, 2.24) is 10.2 Å². The molecule has 1 unspecified atom stereocenters. The summed E-state index contributed by atoms with van der Waals surface area (Å²) in [6.45, 7) is 8.10. The van der Waals surface area contributed by atoms with Gasteiger partial charge in [-0.25, -0.2) is 0 Å². The molecule has 1 aliphatic heterocycles. The lowest BCUT2D eigenvalue weighted by Gasteiger charge is -2.35. The van der Waals surface area contributed by atoms with Crippen molar-refractivity contribution in [3.05, 3.63) is 20.8 Å². The van der Waals surface area contributed by atoms with Gasteiger partial charge in [0.05, 0.1) is 17.0 Å². The molecular formula is C13H21BrN2OS. The summed E-state index contributed by atoms with van der Waals surface area (Å²) in [6, 6.07) is 4.84. The van der Waals surface area contributed by atoms with Gasteiger partial charge in [-0.3, -0.25) is 4.90 Å². The summed E-state index contributed by atoms with van der Waals surface area (Å²) in [5.74, 6) is 0. The summed E-state index contributed by atoms with van der Waals surface area (Å²) in [5, 5.41) is 3.50. The second-order valence-corrected chi connectivity index (χ2v) is 7.16. The molecule has 1 aromatic rings. The molecule has 1 saturated heterocycles. The van der Waals surface area contributed by atoms with E-state index in [0.29, 0.717) is 6.04 Å². The molecule has 3 nitrogen and oxygen atoms in total. The Morgan fingerprint density at radius 3 is 3.17 bits per heavy atom. The fourth-order valence-corrected chi connectivity index (χ4v) is 3.68. The van der Waals surface area contributed by atoms with Crippen molar-refractivity contribution in [1.29, 1.82) is 0 Å². The first-order valence-electron chi connectivity index (χ1n) is 6.56. The van der Waals surface area contributed by atoms with Gasteiger partial charge in [0.2, 0.25) is 0 Å². The fraction of sp³-hybridized carbons (Fsp3) is 0.692. The molecule has 1 aromatic heterocycles. The third-order valence-corrected chi connectivity index (χ3v) is 4.75. The van der Waals surface area contributed by atoms with Crippen LogP contribution in [0.25, 0.3) is 0 Å². The van der Waals surface area contributed by atoms with Crippen molar-refractivity contribution in [2.75, 3.05) is 32.8 Å². The number of nitrogens with one attached hydrogen (secondary N) is 1. The van der Waals surface area contributed by atoms with Crippen molar-refractivity contribution < 1.29 is 4.74 Å². The molecule has 0 bridgehead atoms. The Kier molecular flexibility index (Phi) is 6.11. The van der Waals surface area contributed by atoms with Gasteiger partial charge in [-0.1, -0.05) is 6.92 Å². The van der Waals surface area contributed by atoms with Gasteiger partial charge < -0.3 is 10.1 Å². The van der Waals surface area contributed by atoms with Crippen molar-refractivity contribution >= 4 is 27.3 Å². The number of thiophene rings is 1. The highest BCUT2D eigenvalue weighted by Crippen LogP contribution is 2.24. The minimum absolute atomic E-state index is 0.506. The summed E-state index contributed by atoms with van der Waals surface area (Å²) in [4.78, 5) is 3.95. The molecule has 0 saturated carbocycles. The summed E-state index contributed by atoms with van der Waals surface area (Å²) in [7, 11) is 0. The fourth-order valence-electron chi connectivity index (χ4n) is 2.17. The molecule has 0 aromatic carbocycles. The molecule has 0 radical (unpaired) electrons. The second-order valence-electron chi connectivity index (χ2n) is 4.61. The Labute approximate surface area is 122 Å². The molecule has 0 spiro atoms. The molecule has 1 atom stereocenters. The average molecular weight is 333 g/mol. The first-order valence-corrected chi connectivity index (χ1v) is 8.17. The molecule has 2 rings (SSSR count). The highest BCUT2D eigenvalue weighted by molar-refractivity contribution is 9.11. The van der Waals surface area contributed by atoms with Gasteiger partial charge in [0.15, 0.2) is 0 Å². The van der Waals surface area contributed by atoms with Gasteiger partial charge in [0.1, 0.15) is 0 Å². The first kappa shape index (κ1) is 14.5. The van der Waals surface area contributed by atoms with Gasteiger partial charge in [-0.05, 0) is 41.0 Å². The van der Waals surface area contributed by atoms with Crippen LogP contribution in [0.1, 0.15) is 18.2 Å². The van der Waals surface area contributed by atoms with Crippen LogP contribution in [0.4, 0.5) is 0 Å². The van der Waals surface area contributed by atoms with E-state index in [-0.39, 0.29) is 0 Å². The molecule has 1 N–H and O–H groups in total. The number of halogens is 1. The van der Waals surface area contributed by atoms with E-state index in [1.165, 1.54) is 15.1 Å². The third kappa shape index (κ3) is 4.31. The number of rotatable bonds is 6. The predicted octanol–water partition coefficient (Wildman–Crippen LogP) is 2.71. The number of hydrogen-bond donors (Lipinski definition) is 1. The number of hydrogen-bond acceptors (Lipinski definition) is 4. The van der Waals surface area contributed by atoms with E-state index in [9.17, 15) is 0 Å². The quantitative estimate of drug-likeness (QED) is 0.810. The van der Waals surface area contributed by atoms with E-state index >= 15 is 0 Å². The Morgan fingerprint density at radius 1 is 1.56 bits per heavy atom. The van der Waals surface area contributed by atoms with E-state index < -0.39 is 0 Å². The SMILES string of the molecule is CCCNCC1COCCN1Cc1ccc(Br)s1. The van der Waals surface area contributed by atoms with Gasteiger partial charge in [0, 0.05) is 30.6 Å². The Balaban J connectivity index is 1.86. The molecule has 1 fully saturated rings. The van der Waals surface area contributed by atoms with Gasteiger partial charge in [-0.2, -0.15) is 0 Å². The lowest BCUT2D eigenvalue weighted by Crippen LogP contribution is -2.49. The van der Waals surface area contributed by atoms with Crippen LogP contribution < -0.4 is 5.32 Å². The standard InChI is InChI=1S/C13H21BrN2OS/c1-2-5-15-8-11-10-17-7-6-16(11)9-12-3-4-13(14)18-12/h3-4,11,15H,2,5-10H2,1H3. The van der Waals surface area contributed by atoms with E-state index in [1.54, 1.807) is 0 Å². The zero-order valence-electron chi connectivity index (χ0n) is 10.8. The zero-order valence-corrected chi connectivity index (χ0v) is 13.2. The predicted molar refractivity (Wildman–Crippen MR) is 80.2 cm³/mol. The number of morpholine rings is 1. The van der Waals surface area contributed by atoms with E-state index in [1.807, 2.05) is 11.3 Å². The lowest BCUT2D eigenvalue weighted by atomic mass is 10.2. The normalized spacial score (nSPS) is 21.3. The highest BCUT2D eigenvalue weighted by Gasteiger charge is 2.22. The largest absolute Gasteiger partial charge is 0.378 e. The minimum atomic E-state index is 0.506. The second kappa shape index (κ2) is 7.60. The van der Waals surface area contributed by atoms with Crippen molar-refractivity contribution in [2.24, 2.45) is 0 Å². The summed E-state index contributed by atoms with van der Waals surface area (Å²) in [6.07, 6.45) is 1.19. The maximum absolute atomic E-state index is 5.60. The molecule has 102 valence electrons. The van der Waals surface area contributed by atoms with Crippen LogP contribution in [0.5, 0.6) is 0 Å². The smallest absolute Gasteiger partial charge is 0.0701 e. The topological polar surface area (TPSA) is 24.5 Å². The number of nitrogens with zero attached hydrogens (tertiary/aromatic N) is 1. The average Bonchev–Trinajstić information content (AvgIpc) is 2.77. The molecular weight excluding hydrogens is 312 g/mol. The monoisotopic (exact) mass is 332 g/mol. The lowest BCUT2D eigenvalue weighted by molar-refractivity contribution is -0.0104. The summed E-state index contributed by atoms with van der Waals surface area (Å²) >= 11 is 5.35. The van der Waals surface area contributed by atoms with Gasteiger partial charge in [0.25, 0.3) is 0 Å². The van der Waals surface area contributed by atoms with Crippen LogP contribution in [0, 0.1) is 0 Å². The van der Waals surface area contributed by atoms with Crippen LogP contribution in [-0.4, -0.2) is 43.8 Å². The van der Waals surface area contributed by atoms with E-state index in [4.69, 9.17) is 4.74 Å². The minimum Gasteiger partial charge on any atom is -0.378 e. The van der Waals surface area contributed by atoms with E-state index in [2.05, 4.69) is 45.2 Å². The van der Waals surface area contributed by atoms with Crippen molar-refractivity contribution in [3.63, 3.8) is 0 Å². The van der Waals surface area contributed by atoms with Crippen LogP contribution in [0.3, 0.4) is 0 Å². The Morgan fingerprint density at radius 2 is 2.44 bits per heavy atom. The van der Waals surface area contributed by atoms with Crippen molar-refractivity contribution in [3.8, 4) is 0 Å². The summed E-state index contributed by atoms with van der Waals surface area (Å²) < 4.78 is 6.81. The Hall–Kier alpha value is 0.0600. The van der Waals surface area contributed by atoms with Crippen LogP contribution in [-0.2, 0) is 11.3 Å². The van der Waals surface area contributed by atoms with Crippen LogP contribution in [0.2, 0.25) is 0 Å². The van der Waals surface area contributed by atoms with Crippen LogP contribution >= 0.6 is 27.3 Å². The molecule has 1 aliphatic rings. The van der Waals surface area contributed by atoms with Gasteiger partial charge in [-0.15, -0.1) is 11.3 Å². The zero-order chi connectivity index (χ0) is 12.8. The summed E-state index contributed by atoms with van der Waals surface area (Å²) in [5.41, 5.74) is 0. The maximum atomic E-state index is 5.60. The third-order valence-electron chi connectivity index (χ3n) is 3.14. The molecule has 0 amide bonds. The molecule has 0 aliphatic carbocycles. The number of ether oxygens (including phenoxy) is 1. The molecule has 2 heterocycles. The Bertz CT molecular complexity index is 359. The van der Waals surface area contributed by atoms with Crippen LogP contribution in [0.15, 0.2) is 15.9 Å². The first-order chi connectivity index (χ1) is 8.79. The van der Waals surface area contributed by atoms with Gasteiger partial charge >= 0.3 is 0 Å². The van der Waals surface area contributed by atoms with Crippen molar-refractivity contribution in [2.45, 2.75) is 25.9 Å². The molecule has 18 heavy (non-hydrogen) atoms. The highest BCUT2D eigenvalue weighted by atomic mass is 79.9. The molecule has 5 heteroatoms. The van der Waals surface area contributed by atoms with E-state index in [0.717, 1.165) is 39.4 Å². The maximum Gasteiger partial charge on any atom is 0.0701 e.